The van der Waals surface area contributed by atoms with Crippen LogP contribution in [0.25, 0.3) is 10.6 Å². The van der Waals surface area contributed by atoms with Crippen molar-refractivity contribution in [2.75, 3.05) is 13.1 Å². The van der Waals surface area contributed by atoms with Gasteiger partial charge in [-0.25, -0.2) is 13.8 Å². The highest BCUT2D eigenvalue weighted by Crippen LogP contribution is 2.37. The summed E-state index contributed by atoms with van der Waals surface area (Å²) in [4.78, 5) is 63.6. The van der Waals surface area contributed by atoms with Gasteiger partial charge in [-0.05, 0) is 51.8 Å². The molecule has 2 aliphatic rings. The minimum Gasteiger partial charge on any atom is -0.483 e. The van der Waals surface area contributed by atoms with Crippen LogP contribution in [0, 0.1) is 11.6 Å². The highest BCUT2D eigenvalue weighted by molar-refractivity contribution is 7.15. The smallest absolute Gasteiger partial charge is 0.274 e. The van der Waals surface area contributed by atoms with Crippen LogP contribution in [0.4, 0.5) is 8.78 Å². The van der Waals surface area contributed by atoms with E-state index in [1.165, 1.54) is 23.2 Å². The Labute approximate surface area is 292 Å². The second-order valence-corrected chi connectivity index (χ2v) is 14.1. The van der Waals surface area contributed by atoms with Gasteiger partial charge in [0.05, 0.1) is 17.6 Å². The second kappa shape index (κ2) is 13.6. The lowest BCUT2D eigenvalue weighted by Gasteiger charge is -2.46. The zero-order valence-electron chi connectivity index (χ0n) is 28.3. The predicted octanol–water partition coefficient (Wildman–Crippen LogP) is 6.26. The van der Waals surface area contributed by atoms with Crippen molar-refractivity contribution in [3.63, 3.8) is 0 Å². The molecule has 1 atom stereocenters. The molecule has 2 aromatic heterocycles. The first-order valence-corrected chi connectivity index (χ1v) is 17.0. The zero-order chi connectivity index (χ0) is 35.9. The van der Waals surface area contributed by atoms with Gasteiger partial charge in [0, 0.05) is 53.5 Å². The normalized spacial score (nSPS) is 17.9. The van der Waals surface area contributed by atoms with E-state index in [0.29, 0.717) is 21.0 Å². The summed E-state index contributed by atoms with van der Waals surface area (Å²) in [6.07, 6.45) is 6.50. The summed E-state index contributed by atoms with van der Waals surface area (Å²) in [5.74, 6) is -2.87. The minimum atomic E-state index is -1.10. The molecule has 2 aliphatic heterocycles. The van der Waals surface area contributed by atoms with E-state index in [4.69, 9.17) is 4.74 Å². The molecule has 12 heteroatoms. The average Bonchev–Trinajstić information content (AvgIpc) is 3.62. The van der Waals surface area contributed by atoms with Gasteiger partial charge in [0.25, 0.3) is 17.7 Å². The molecule has 0 aliphatic carbocycles. The van der Waals surface area contributed by atoms with Crippen molar-refractivity contribution < 1.29 is 27.9 Å². The molecule has 9 nitrogen and oxygen atoms in total. The van der Waals surface area contributed by atoms with Crippen molar-refractivity contribution in [3.8, 4) is 16.3 Å². The molecular formula is C38H36F2N4O5S. The van der Waals surface area contributed by atoms with Crippen LogP contribution in [-0.4, -0.2) is 56.2 Å². The molecule has 4 heterocycles. The van der Waals surface area contributed by atoms with Crippen LogP contribution in [-0.2, 0) is 28.2 Å². The van der Waals surface area contributed by atoms with Gasteiger partial charge < -0.3 is 14.2 Å². The van der Waals surface area contributed by atoms with Gasteiger partial charge in [-0.1, -0.05) is 48.6 Å². The number of amides is 3. The summed E-state index contributed by atoms with van der Waals surface area (Å²) in [7, 11) is 0. The van der Waals surface area contributed by atoms with Gasteiger partial charge in [0.15, 0.2) is 11.4 Å². The van der Waals surface area contributed by atoms with E-state index in [2.05, 4.69) is 4.98 Å². The van der Waals surface area contributed by atoms with Crippen molar-refractivity contribution in [2.24, 2.45) is 0 Å². The number of carbonyl (C=O) groups is 3. The molecule has 2 aromatic carbocycles. The maximum atomic E-state index is 14.5. The number of hydrogen-bond donors (Lipinski definition) is 0. The van der Waals surface area contributed by atoms with Gasteiger partial charge in [-0.15, -0.1) is 11.3 Å². The third-order valence-electron chi connectivity index (χ3n) is 9.01. The lowest BCUT2D eigenvalue weighted by atomic mass is 9.93. The van der Waals surface area contributed by atoms with Gasteiger partial charge >= 0.3 is 0 Å². The molecule has 0 spiro atoms. The van der Waals surface area contributed by atoms with Crippen LogP contribution in [0.3, 0.4) is 0 Å². The van der Waals surface area contributed by atoms with Crippen molar-refractivity contribution in [3.05, 3.63) is 128 Å². The van der Waals surface area contributed by atoms with E-state index in [1.54, 1.807) is 41.7 Å². The molecule has 0 saturated heterocycles. The number of ether oxygens (including phenoxy) is 1. The number of halogens is 2. The van der Waals surface area contributed by atoms with Gasteiger partial charge in [-0.3, -0.25) is 24.1 Å². The van der Waals surface area contributed by atoms with Crippen LogP contribution < -0.4 is 10.2 Å². The first-order valence-electron chi connectivity index (χ1n) is 16.2. The van der Waals surface area contributed by atoms with Crippen molar-refractivity contribution in [2.45, 2.75) is 59.2 Å². The van der Waals surface area contributed by atoms with E-state index in [0.717, 1.165) is 23.0 Å². The highest BCUT2D eigenvalue weighted by atomic mass is 32.1. The number of allylic oxidation sites excluding steroid dienone is 1. The first-order chi connectivity index (χ1) is 23.8. The molecule has 3 amide bonds. The SMILES string of the molecule is C/C=C\C1=C(C)C(=O)N(CC2(C)CN(C(C)C)C(=O)c3c(OCc4ccccc4)c(=O)c(-c4ncc(Cc5ccc(F)cc5F)s4)cn32)C1=O. The fraction of sp³-hybridized carbons (Fsp3) is 0.289. The first kappa shape index (κ1) is 34.6. The lowest BCUT2D eigenvalue weighted by Crippen LogP contribution is -2.60. The lowest BCUT2D eigenvalue weighted by molar-refractivity contribution is -0.139. The predicted molar refractivity (Wildman–Crippen MR) is 186 cm³/mol. The molecule has 6 rings (SSSR count). The van der Waals surface area contributed by atoms with Crippen molar-refractivity contribution in [1.29, 1.82) is 0 Å². The fourth-order valence-electron chi connectivity index (χ4n) is 6.36. The molecule has 1 unspecified atom stereocenters. The van der Waals surface area contributed by atoms with Crippen LogP contribution in [0.1, 0.15) is 61.1 Å². The molecular weight excluding hydrogens is 663 g/mol. The Hall–Kier alpha value is -5.23. The average molecular weight is 699 g/mol. The summed E-state index contributed by atoms with van der Waals surface area (Å²) < 4.78 is 35.9. The third-order valence-corrected chi connectivity index (χ3v) is 10.0. The molecule has 0 radical (unpaired) electrons. The monoisotopic (exact) mass is 698 g/mol. The number of thiazole rings is 1. The second-order valence-electron chi connectivity index (χ2n) is 13.0. The van der Waals surface area contributed by atoms with Crippen molar-refractivity contribution >= 4 is 29.1 Å². The number of hydrogen-bond acceptors (Lipinski definition) is 7. The molecule has 0 N–H and O–H groups in total. The Kier molecular flexibility index (Phi) is 9.41. The van der Waals surface area contributed by atoms with Gasteiger partial charge in [0.2, 0.25) is 5.43 Å². The van der Waals surface area contributed by atoms with E-state index in [9.17, 15) is 28.0 Å². The standard InChI is InChI=1S/C38H36F2N4O5S/c1-6-10-28-23(4)35(46)43(36(28)47)21-38(5)20-42(22(2)3)37(48)31-33(49-19-24-11-8-7-9-12-24)32(45)29(18-44(31)38)34-41-17-27(50-34)15-25-13-14-26(39)16-30(25)40/h6-14,16-18,22H,15,19-21H2,1-5H3/b10-6-. The Morgan fingerprint density at radius 1 is 1.04 bits per heavy atom. The molecule has 50 heavy (non-hydrogen) atoms. The van der Waals surface area contributed by atoms with E-state index in [-0.39, 0.29) is 54.7 Å². The summed E-state index contributed by atoms with van der Waals surface area (Å²) in [5.41, 5.74) is 0.126. The third kappa shape index (κ3) is 6.31. The molecule has 258 valence electrons. The highest BCUT2D eigenvalue weighted by Gasteiger charge is 2.47. The van der Waals surface area contributed by atoms with Crippen LogP contribution in [0.15, 0.2) is 89.0 Å². The Bertz CT molecular complexity index is 2140. The van der Waals surface area contributed by atoms with E-state index < -0.39 is 40.3 Å². The molecule has 0 fully saturated rings. The van der Waals surface area contributed by atoms with E-state index in [1.807, 2.05) is 51.1 Å². The number of rotatable bonds is 10. The topological polar surface area (TPSA) is 102 Å². The fourth-order valence-corrected chi connectivity index (χ4v) is 7.30. The molecule has 4 aromatic rings. The number of carbonyl (C=O) groups excluding carboxylic acids is 3. The Morgan fingerprint density at radius 2 is 1.78 bits per heavy atom. The molecule has 0 bridgehead atoms. The number of imide groups is 1. The van der Waals surface area contributed by atoms with Crippen molar-refractivity contribution in [1.82, 2.24) is 19.4 Å². The minimum absolute atomic E-state index is 0.000234. The summed E-state index contributed by atoms with van der Waals surface area (Å²) in [6, 6.07) is 12.3. The van der Waals surface area contributed by atoms with Crippen LogP contribution in [0.5, 0.6) is 5.75 Å². The van der Waals surface area contributed by atoms with Gasteiger partial charge in [-0.2, -0.15) is 0 Å². The number of fused-ring (bicyclic) bond motifs is 1. The summed E-state index contributed by atoms with van der Waals surface area (Å²) in [5, 5.41) is 0.301. The molecule has 0 saturated carbocycles. The number of benzene rings is 2. The largest absolute Gasteiger partial charge is 0.483 e. The summed E-state index contributed by atoms with van der Waals surface area (Å²) in [6.45, 7) is 8.94. The number of aromatic nitrogens is 2. The van der Waals surface area contributed by atoms with E-state index >= 15 is 0 Å². The summed E-state index contributed by atoms with van der Waals surface area (Å²) >= 11 is 1.16. The van der Waals surface area contributed by atoms with Crippen LogP contribution >= 0.6 is 11.3 Å². The quantitative estimate of drug-likeness (QED) is 0.181. The maximum absolute atomic E-state index is 14.5. The zero-order valence-corrected chi connectivity index (χ0v) is 29.1. The maximum Gasteiger partial charge on any atom is 0.274 e. The Balaban J connectivity index is 1.50. The van der Waals surface area contributed by atoms with Gasteiger partial charge in [0.1, 0.15) is 23.2 Å². The number of nitrogens with zero attached hydrogens (tertiary/aromatic N) is 4. The van der Waals surface area contributed by atoms with Crippen LogP contribution in [0.2, 0.25) is 0 Å². The number of pyridine rings is 1. The Morgan fingerprint density at radius 3 is 2.46 bits per heavy atom.